The van der Waals surface area contributed by atoms with E-state index in [0.29, 0.717) is 29.6 Å². The van der Waals surface area contributed by atoms with Crippen LogP contribution in [0, 0.1) is 5.82 Å². The molecule has 3 aromatic rings. The number of carbonyl (C=O) groups is 1. The monoisotopic (exact) mass is 382 g/mol. The Labute approximate surface area is 160 Å². The Morgan fingerprint density at radius 3 is 2.75 bits per heavy atom. The van der Waals surface area contributed by atoms with Crippen molar-refractivity contribution >= 4 is 17.5 Å². The summed E-state index contributed by atoms with van der Waals surface area (Å²) in [5, 5.41) is 7.27. The molecule has 28 heavy (non-hydrogen) atoms. The number of nitrogen functional groups attached to an aromatic ring is 1. The molecular formula is C18H19FN8O. The third kappa shape index (κ3) is 3.62. The molecule has 0 unspecified atom stereocenters. The van der Waals surface area contributed by atoms with E-state index >= 15 is 0 Å². The lowest BCUT2D eigenvalue weighted by molar-refractivity contribution is 0.0935. The van der Waals surface area contributed by atoms with Gasteiger partial charge in [0.15, 0.2) is 17.3 Å². The van der Waals surface area contributed by atoms with Crippen LogP contribution in [0.15, 0.2) is 48.9 Å². The number of nitrogens with two attached hydrogens (primary N) is 1. The number of aromatic nitrogens is 4. The quantitative estimate of drug-likeness (QED) is 0.447. The number of nitrogens with zero attached hydrogens (tertiary/aromatic N) is 5. The first-order chi connectivity index (χ1) is 13.6. The number of hydrogen-bond donors (Lipinski definition) is 3. The van der Waals surface area contributed by atoms with Gasteiger partial charge in [-0.25, -0.2) is 24.9 Å². The number of hydrogen-bond acceptors (Lipinski definition) is 7. The Morgan fingerprint density at radius 1 is 1.18 bits per heavy atom. The van der Waals surface area contributed by atoms with Crippen LogP contribution < -0.4 is 21.5 Å². The minimum absolute atomic E-state index is 0.0453. The molecule has 0 spiro atoms. The summed E-state index contributed by atoms with van der Waals surface area (Å²) in [7, 11) is 0. The van der Waals surface area contributed by atoms with Crippen LogP contribution in [0.3, 0.4) is 0 Å². The summed E-state index contributed by atoms with van der Waals surface area (Å²) >= 11 is 0. The molecule has 1 atom stereocenters. The fraction of sp³-hybridized carbons (Fsp3) is 0.222. The number of nitrogens with one attached hydrogen (secondary N) is 2. The standard InChI is InChI=1S/C18H19FN8O/c19-12-1-3-14(4-2-12)27-10-6-15(25-27)18(28)23-13-5-9-26(11-13)17-16(24-20)21-7-8-22-17/h1-4,6-8,10,13H,5,9,11,20H2,(H,21,24)(H,23,28)/t13-/m0/s1. The van der Waals surface area contributed by atoms with Gasteiger partial charge >= 0.3 is 0 Å². The minimum atomic E-state index is -0.323. The van der Waals surface area contributed by atoms with Crippen molar-refractivity contribution < 1.29 is 9.18 Å². The van der Waals surface area contributed by atoms with E-state index in [1.807, 2.05) is 4.90 Å². The summed E-state index contributed by atoms with van der Waals surface area (Å²) in [6.07, 6.45) is 5.60. The fourth-order valence-electron chi connectivity index (χ4n) is 3.18. The third-order valence-corrected chi connectivity index (χ3v) is 4.55. The average molecular weight is 382 g/mol. The molecule has 9 nitrogen and oxygen atoms in total. The molecule has 10 heteroatoms. The molecular weight excluding hydrogens is 363 g/mol. The van der Waals surface area contributed by atoms with Gasteiger partial charge in [0.25, 0.3) is 5.91 Å². The van der Waals surface area contributed by atoms with E-state index in [9.17, 15) is 9.18 Å². The van der Waals surface area contributed by atoms with Crippen molar-refractivity contribution in [2.24, 2.45) is 5.84 Å². The zero-order chi connectivity index (χ0) is 19.5. The SMILES string of the molecule is NNc1nccnc1N1CC[C@H](NC(=O)c2ccn(-c3ccc(F)cc3)n2)C1. The summed E-state index contributed by atoms with van der Waals surface area (Å²) in [6, 6.07) is 7.48. The van der Waals surface area contributed by atoms with Crippen LogP contribution >= 0.6 is 0 Å². The van der Waals surface area contributed by atoms with E-state index < -0.39 is 0 Å². The fourth-order valence-corrected chi connectivity index (χ4v) is 3.18. The number of benzene rings is 1. The van der Waals surface area contributed by atoms with Crippen molar-refractivity contribution in [3.63, 3.8) is 0 Å². The lowest BCUT2D eigenvalue weighted by Gasteiger charge is -2.19. The molecule has 1 fully saturated rings. The van der Waals surface area contributed by atoms with E-state index in [-0.39, 0.29) is 17.8 Å². The van der Waals surface area contributed by atoms with E-state index in [0.717, 1.165) is 13.0 Å². The number of carbonyl (C=O) groups excluding carboxylic acids is 1. The molecule has 0 aliphatic carbocycles. The molecule has 1 saturated heterocycles. The van der Waals surface area contributed by atoms with Crippen molar-refractivity contribution in [1.82, 2.24) is 25.1 Å². The summed E-state index contributed by atoms with van der Waals surface area (Å²) in [6.45, 7) is 1.32. The maximum Gasteiger partial charge on any atom is 0.272 e. The van der Waals surface area contributed by atoms with Gasteiger partial charge in [-0.1, -0.05) is 0 Å². The molecule has 144 valence electrons. The van der Waals surface area contributed by atoms with Gasteiger partial charge in [-0.15, -0.1) is 0 Å². The number of hydrazine groups is 1. The van der Waals surface area contributed by atoms with E-state index in [4.69, 9.17) is 5.84 Å². The minimum Gasteiger partial charge on any atom is -0.351 e. The lowest BCUT2D eigenvalue weighted by Crippen LogP contribution is -2.37. The van der Waals surface area contributed by atoms with Crippen molar-refractivity contribution in [3.8, 4) is 5.69 Å². The van der Waals surface area contributed by atoms with Gasteiger partial charge in [-0.05, 0) is 36.8 Å². The molecule has 4 rings (SSSR count). The highest BCUT2D eigenvalue weighted by Crippen LogP contribution is 2.23. The van der Waals surface area contributed by atoms with Gasteiger partial charge in [0.2, 0.25) is 0 Å². The first kappa shape index (κ1) is 17.9. The molecule has 1 aromatic carbocycles. The van der Waals surface area contributed by atoms with Crippen molar-refractivity contribution in [2.45, 2.75) is 12.5 Å². The van der Waals surface area contributed by atoms with E-state index in [1.165, 1.54) is 16.8 Å². The highest BCUT2D eigenvalue weighted by molar-refractivity contribution is 5.92. The van der Waals surface area contributed by atoms with Gasteiger partial charge in [-0.2, -0.15) is 5.10 Å². The van der Waals surface area contributed by atoms with Crippen LogP contribution in [0.2, 0.25) is 0 Å². The second kappa shape index (κ2) is 7.61. The van der Waals surface area contributed by atoms with Crippen LogP contribution in [-0.4, -0.2) is 44.8 Å². The zero-order valence-corrected chi connectivity index (χ0v) is 14.9. The average Bonchev–Trinajstić information content (AvgIpc) is 3.38. The topological polar surface area (TPSA) is 114 Å². The molecule has 4 N–H and O–H groups in total. The van der Waals surface area contributed by atoms with Gasteiger partial charge in [0.05, 0.1) is 5.69 Å². The Kier molecular flexibility index (Phi) is 4.85. The first-order valence-corrected chi connectivity index (χ1v) is 8.79. The summed E-state index contributed by atoms with van der Waals surface area (Å²) < 4.78 is 14.6. The third-order valence-electron chi connectivity index (χ3n) is 4.55. The van der Waals surface area contributed by atoms with Crippen LogP contribution in [0.4, 0.5) is 16.0 Å². The van der Waals surface area contributed by atoms with Crippen LogP contribution in [0.5, 0.6) is 0 Å². The summed E-state index contributed by atoms with van der Waals surface area (Å²) in [5.74, 6) is 6.05. The Morgan fingerprint density at radius 2 is 1.96 bits per heavy atom. The molecule has 3 heterocycles. The number of amides is 1. The predicted octanol–water partition coefficient (Wildman–Crippen LogP) is 1.10. The maximum absolute atomic E-state index is 13.0. The van der Waals surface area contributed by atoms with Crippen LogP contribution in [-0.2, 0) is 0 Å². The molecule has 0 bridgehead atoms. The number of rotatable bonds is 5. The van der Waals surface area contributed by atoms with Crippen LogP contribution in [0.1, 0.15) is 16.9 Å². The lowest BCUT2D eigenvalue weighted by atomic mass is 10.2. The molecule has 1 amide bonds. The van der Waals surface area contributed by atoms with Crippen molar-refractivity contribution in [2.75, 3.05) is 23.4 Å². The highest BCUT2D eigenvalue weighted by Gasteiger charge is 2.27. The molecule has 0 radical (unpaired) electrons. The normalized spacial score (nSPS) is 16.2. The zero-order valence-electron chi connectivity index (χ0n) is 14.9. The van der Waals surface area contributed by atoms with Crippen molar-refractivity contribution in [3.05, 3.63) is 60.4 Å². The number of anilines is 2. The molecule has 1 aliphatic heterocycles. The van der Waals surface area contributed by atoms with Gasteiger partial charge < -0.3 is 15.6 Å². The Hall–Kier alpha value is -3.53. The summed E-state index contributed by atoms with van der Waals surface area (Å²) in [4.78, 5) is 23.0. The largest absolute Gasteiger partial charge is 0.351 e. The maximum atomic E-state index is 13.0. The smallest absolute Gasteiger partial charge is 0.272 e. The second-order valence-electron chi connectivity index (χ2n) is 6.40. The molecule has 1 aliphatic rings. The number of halogens is 1. The summed E-state index contributed by atoms with van der Waals surface area (Å²) in [5.41, 5.74) is 3.51. The van der Waals surface area contributed by atoms with Gasteiger partial charge in [-0.3, -0.25) is 4.79 Å². The van der Waals surface area contributed by atoms with Gasteiger partial charge in [0.1, 0.15) is 5.82 Å². The molecule has 0 saturated carbocycles. The Bertz CT molecular complexity index is 974. The van der Waals surface area contributed by atoms with Crippen molar-refractivity contribution in [1.29, 1.82) is 0 Å². The molecule has 2 aromatic heterocycles. The Balaban J connectivity index is 1.40. The predicted molar refractivity (Wildman–Crippen MR) is 101 cm³/mol. The first-order valence-electron chi connectivity index (χ1n) is 8.79. The van der Waals surface area contributed by atoms with E-state index in [1.54, 1.807) is 36.8 Å². The second-order valence-corrected chi connectivity index (χ2v) is 6.40. The van der Waals surface area contributed by atoms with Gasteiger partial charge in [0, 0.05) is 37.7 Å². The highest BCUT2D eigenvalue weighted by atomic mass is 19.1. The van der Waals surface area contributed by atoms with E-state index in [2.05, 4.69) is 25.8 Å². The van der Waals surface area contributed by atoms with Crippen LogP contribution in [0.25, 0.3) is 5.69 Å².